The molecule has 0 amide bonds. The van der Waals surface area contributed by atoms with Gasteiger partial charge in [-0.2, -0.15) is 0 Å². The van der Waals surface area contributed by atoms with Crippen LogP contribution in [0.25, 0.3) is 0 Å². The third-order valence-electron chi connectivity index (χ3n) is 17.8. The summed E-state index contributed by atoms with van der Waals surface area (Å²) in [6.07, 6.45) is 94.3. The van der Waals surface area contributed by atoms with E-state index < -0.39 is 6.10 Å². The fourth-order valence-electron chi connectivity index (χ4n) is 12.1. The molecule has 0 heterocycles. The van der Waals surface area contributed by atoms with Crippen molar-refractivity contribution in [2.45, 2.75) is 450 Å². The number of allylic oxidation sites excluding steroid dienone is 2. The van der Waals surface area contributed by atoms with Crippen molar-refractivity contribution < 1.29 is 24.2 Å². The normalized spacial score (nSPS) is 12.1. The number of hydrogen-bond acceptors (Lipinski definition) is 5. The highest BCUT2D eigenvalue weighted by molar-refractivity contribution is 5.70. The summed E-state index contributed by atoms with van der Waals surface area (Å²) in [6, 6.07) is 0. The fraction of sp³-hybridized carbons (Fsp3) is 0.947. The zero-order chi connectivity index (χ0) is 58.4. The van der Waals surface area contributed by atoms with Gasteiger partial charge in [-0.05, 0) is 38.5 Å². The first-order valence-electron chi connectivity index (χ1n) is 37.7. The lowest BCUT2D eigenvalue weighted by atomic mass is 10.0. The number of carbonyl (C=O) groups excluding carboxylic acids is 2. The van der Waals surface area contributed by atoms with E-state index in [2.05, 4.69) is 26.0 Å². The van der Waals surface area contributed by atoms with E-state index in [1.54, 1.807) is 0 Å². The Morgan fingerprint density at radius 2 is 0.457 bits per heavy atom. The van der Waals surface area contributed by atoms with Crippen molar-refractivity contribution in [1.29, 1.82) is 0 Å². The monoisotopic (exact) mass is 1140 g/mol. The van der Waals surface area contributed by atoms with Crippen molar-refractivity contribution in [2.75, 3.05) is 13.2 Å². The molecule has 0 aromatic carbocycles. The van der Waals surface area contributed by atoms with E-state index in [1.165, 1.54) is 385 Å². The number of hydrogen-bond donors (Lipinski definition) is 1. The smallest absolute Gasteiger partial charge is 0.306 e. The van der Waals surface area contributed by atoms with Crippen molar-refractivity contribution in [2.24, 2.45) is 0 Å². The molecule has 5 nitrogen and oxygen atoms in total. The lowest BCUT2D eigenvalue weighted by Crippen LogP contribution is -2.28. The van der Waals surface area contributed by atoms with Crippen molar-refractivity contribution in [3.8, 4) is 0 Å². The Hall–Kier alpha value is -1.36. The summed E-state index contributed by atoms with van der Waals surface area (Å²) in [4.78, 5) is 24.7. The molecule has 0 saturated carbocycles. The molecular weight excluding hydrogens is 993 g/mol. The van der Waals surface area contributed by atoms with Gasteiger partial charge in [-0.15, -0.1) is 0 Å². The van der Waals surface area contributed by atoms with Gasteiger partial charge in [0.25, 0.3) is 0 Å². The summed E-state index contributed by atoms with van der Waals surface area (Å²) < 4.78 is 10.8. The highest BCUT2D eigenvalue weighted by Gasteiger charge is 2.16. The number of esters is 2. The van der Waals surface area contributed by atoms with Gasteiger partial charge in [0.05, 0.1) is 6.61 Å². The van der Waals surface area contributed by atoms with Gasteiger partial charge in [-0.25, -0.2) is 0 Å². The largest absolute Gasteiger partial charge is 0.462 e. The van der Waals surface area contributed by atoms with Gasteiger partial charge in [0.15, 0.2) is 6.10 Å². The van der Waals surface area contributed by atoms with E-state index in [4.69, 9.17) is 9.47 Å². The Bertz CT molecular complexity index is 1200. The Morgan fingerprint density at radius 3 is 0.667 bits per heavy atom. The molecule has 0 aliphatic heterocycles. The zero-order valence-electron chi connectivity index (χ0n) is 55.6. The maximum absolute atomic E-state index is 12.4. The van der Waals surface area contributed by atoms with Crippen LogP contribution in [-0.2, 0) is 19.1 Å². The van der Waals surface area contributed by atoms with Crippen LogP contribution in [0, 0.1) is 0 Å². The standard InChI is InChI=1S/C76H148O5/c1-3-5-7-9-11-13-15-17-19-21-23-25-27-29-31-33-35-36-37-38-39-40-41-43-45-47-49-51-53-55-57-59-61-63-65-67-69-71-76(79)81-74(72-77)73-80-75(78)70-68-66-64-62-60-58-56-54-52-50-48-46-44-42-34-32-30-28-26-24-22-20-18-16-14-12-10-8-6-4-2/h21,23,74,77H,3-20,22,24-73H2,1-2H3/b23-21-. The van der Waals surface area contributed by atoms with E-state index >= 15 is 0 Å². The van der Waals surface area contributed by atoms with Crippen molar-refractivity contribution in [1.82, 2.24) is 0 Å². The Balaban J connectivity index is 3.35. The molecule has 0 aliphatic carbocycles. The molecule has 0 aromatic heterocycles. The molecule has 1 N–H and O–H groups in total. The van der Waals surface area contributed by atoms with Crippen LogP contribution in [0.15, 0.2) is 12.2 Å². The molecule has 5 heteroatoms. The Morgan fingerprint density at radius 1 is 0.272 bits per heavy atom. The average molecular weight is 1140 g/mol. The molecule has 0 aromatic rings. The third-order valence-corrected chi connectivity index (χ3v) is 17.8. The molecular formula is C76H148O5. The van der Waals surface area contributed by atoms with E-state index in [0.717, 1.165) is 32.1 Å². The Labute approximate surface area is 509 Å². The van der Waals surface area contributed by atoms with Crippen molar-refractivity contribution in [3.05, 3.63) is 12.2 Å². The molecule has 0 rings (SSSR count). The lowest BCUT2D eigenvalue weighted by Gasteiger charge is -2.15. The van der Waals surface area contributed by atoms with E-state index in [0.29, 0.717) is 12.8 Å². The minimum absolute atomic E-state index is 0.0561. The van der Waals surface area contributed by atoms with Crippen LogP contribution in [0.5, 0.6) is 0 Å². The number of carbonyl (C=O) groups is 2. The van der Waals surface area contributed by atoms with Gasteiger partial charge in [0.2, 0.25) is 0 Å². The zero-order valence-corrected chi connectivity index (χ0v) is 55.6. The van der Waals surface area contributed by atoms with E-state index in [1.807, 2.05) is 0 Å². The van der Waals surface area contributed by atoms with Crippen molar-refractivity contribution in [3.63, 3.8) is 0 Å². The van der Waals surface area contributed by atoms with Crippen LogP contribution >= 0.6 is 0 Å². The minimum Gasteiger partial charge on any atom is -0.462 e. The first-order valence-corrected chi connectivity index (χ1v) is 37.7. The van der Waals surface area contributed by atoms with Crippen molar-refractivity contribution >= 4 is 11.9 Å². The lowest BCUT2D eigenvalue weighted by molar-refractivity contribution is -0.161. The van der Waals surface area contributed by atoms with E-state index in [-0.39, 0.29) is 25.2 Å². The fourth-order valence-corrected chi connectivity index (χ4v) is 12.1. The first-order chi connectivity index (χ1) is 40.1. The van der Waals surface area contributed by atoms with Crippen LogP contribution in [-0.4, -0.2) is 36.4 Å². The predicted octanol–water partition coefficient (Wildman–Crippen LogP) is 26.2. The SMILES string of the molecule is CCCCCCCCCC/C=C\CCCCCCCCCCCCCCCCCCCCCCCCCCCC(=O)OC(CO)COC(=O)CCCCCCCCCCCCCCCCCCCCCCCCCCCCCCCC. The maximum atomic E-state index is 12.4. The quantitative estimate of drug-likeness (QED) is 0.0373. The molecule has 1 atom stereocenters. The molecule has 0 radical (unpaired) electrons. The van der Waals surface area contributed by atoms with Crippen LogP contribution in [0.2, 0.25) is 0 Å². The highest BCUT2D eigenvalue weighted by Crippen LogP contribution is 2.20. The first kappa shape index (κ1) is 79.6. The number of rotatable bonds is 72. The summed E-state index contributed by atoms with van der Waals surface area (Å²) in [5.41, 5.74) is 0. The van der Waals surface area contributed by atoms with Gasteiger partial charge in [0, 0.05) is 12.8 Å². The molecule has 482 valence electrons. The van der Waals surface area contributed by atoms with Gasteiger partial charge in [-0.1, -0.05) is 405 Å². The average Bonchev–Trinajstić information content (AvgIpc) is 3.47. The van der Waals surface area contributed by atoms with Gasteiger partial charge < -0.3 is 14.6 Å². The molecule has 1 unspecified atom stereocenters. The summed E-state index contributed by atoms with van der Waals surface area (Å²) in [7, 11) is 0. The van der Waals surface area contributed by atoms with Crippen LogP contribution in [0.1, 0.15) is 444 Å². The summed E-state index contributed by atoms with van der Waals surface area (Å²) in [6.45, 7) is 4.22. The second kappa shape index (κ2) is 72.9. The Kier molecular flexibility index (Phi) is 71.7. The van der Waals surface area contributed by atoms with Gasteiger partial charge >= 0.3 is 11.9 Å². The number of aliphatic hydroxyl groups is 1. The topological polar surface area (TPSA) is 72.8 Å². The molecule has 0 saturated heterocycles. The number of ether oxygens (including phenoxy) is 2. The molecule has 0 aliphatic rings. The van der Waals surface area contributed by atoms with Crippen LogP contribution in [0.4, 0.5) is 0 Å². The number of aliphatic hydroxyl groups excluding tert-OH is 1. The molecule has 0 fully saturated rings. The molecule has 0 bridgehead atoms. The molecule has 81 heavy (non-hydrogen) atoms. The van der Waals surface area contributed by atoms with Gasteiger partial charge in [0.1, 0.15) is 6.61 Å². The third kappa shape index (κ3) is 71.0. The number of unbranched alkanes of at least 4 members (excludes halogenated alkanes) is 62. The predicted molar refractivity (Wildman–Crippen MR) is 358 cm³/mol. The van der Waals surface area contributed by atoms with Crippen LogP contribution < -0.4 is 0 Å². The second-order valence-corrected chi connectivity index (χ2v) is 26.1. The second-order valence-electron chi connectivity index (χ2n) is 26.1. The molecule has 0 spiro atoms. The van der Waals surface area contributed by atoms with Crippen LogP contribution in [0.3, 0.4) is 0 Å². The summed E-state index contributed by atoms with van der Waals surface area (Å²) in [5, 5.41) is 9.71. The maximum Gasteiger partial charge on any atom is 0.306 e. The summed E-state index contributed by atoms with van der Waals surface area (Å²) in [5.74, 6) is -0.558. The van der Waals surface area contributed by atoms with Gasteiger partial charge in [-0.3, -0.25) is 9.59 Å². The minimum atomic E-state index is -0.767. The summed E-state index contributed by atoms with van der Waals surface area (Å²) >= 11 is 0. The highest BCUT2D eigenvalue weighted by atomic mass is 16.6. The van der Waals surface area contributed by atoms with E-state index in [9.17, 15) is 14.7 Å².